The molecule has 2 aliphatic heterocycles. The van der Waals surface area contributed by atoms with Crippen molar-refractivity contribution in [2.45, 2.75) is 30.3 Å². The third-order valence-corrected chi connectivity index (χ3v) is 7.53. The Hall–Kier alpha value is -3.10. The summed E-state index contributed by atoms with van der Waals surface area (Å²) in [5, 5.41) is 0. The van der Waals surface area contributed by atoms with Crippen molar-refractivity contribution in [1.82, 2.24) is 4.90 Å². The molecule has 0 saturated carbocycles. The van der Waals surface area contributed by atoms with Crippen molar-refractivity contribution in [3.63, 3.8) is 0 Å². The molecule has 3 aromatic rings. The lowest BCUT2D eigenvalue weighted by atomic mass is 9.83. The minimum absolute atomic E-state index is 0.186. The monoisotopic (exact) mass is 483 g/mol. The van der Waals surface area contributed by atoms with Gasteiger partial charge in [0.2, 0.25) is 11.1 Å². The van der Waals surface area contributed by atoms with E-state index in [1.165, 1.54) is 29.3 Å². The molecule has 5 rings (SSSR count). The molecule has 34 heavy (non-hydrogen) atoms. The first kappa shape index (κ1) is 22.7. The van der Waals surface area contributed by atoms with E-state index in [4.69, 9.17) is 18.4 Å². The van der Waals surface area contributed by atoms with Crippen molar-refractivity contribution in [3.8, 4) is 23.0 Å². The Morgan fingerprint density at radius 1 is 0.941 bits per heavy atom. The van der Waals surface area contributed by atoms with Crippen molar-refractivity contribution in [1.29, 1.82) is 0 Å². The normalized spacial score (nSPS) is 17.7. The predicted octanol–water partition coefficient (Wildman–Crippen LogP) is 4.61. The van der Waals surface area contributed by atoms with Gasteiger partial charge in [0.15, 0.2) is 23.0 Å². The van der Waals surface area contributed by atoms with Gasteiger partial charge in [-0.15, -0.1) is 0 Å². The molecule has 0 saturated heterocycles. The molecule has 0 amide bonds. The van der Waals surface area contributed by atoms with Crippen LogP contribution in [0.1, 0.15) is 28.3 Å². The molecular weight excluding hydrogens is 457 g/mol. The molecule has 3 aromatic carbocycles. The fourth-order valence-electron chi connectivity index (χ4n) is 4.88. The van der Waals surface area contributed by atoms with Gasteiger partial charge >= 0.3 is 0 Å². The number of nitrogens with zero attached hydrogens (tertiary/aromatic N) is 1. The number of hydrogen-bond acceptors (Lipinski definition) is 6. The summed E-state index contributed by atoms with van der Waals surface area (Å²) in [6, 6.07) is 13.8. The zero-order valence-corrected chi connectivity index (χ0v) is 20.1. The van der Waals surface area contributed by atoms with E-state index in [-0.39, 0.29) is 10.9 Å². The lowest BCUT2D eigenvalue weighted by molar-refractivity contribution is 0.158. The van der Waals surface area contributed by atoms with Gasteiger partial charge in [-0.25, -0.2) is 8.60 Å². The summed E-state index contributed by atoms with van der Waals surface area (Å²) >= 11 is -1.88. The van der Waals surface area contributed by atoms with Crippen LogP contribution in [0.2, 0.25) is 0 Å². The van der Waals surface area contributed by atoms with Crippen LogP contribution in [-0.2, 0) is 30.5 Å². The third-order valence-electron chi connectivity index (χ3n) is 6.58. The van der Waals surface area contributed by atoms with Gasteiger partial charge in [0.25, 0.3) is 0 Å². The molecule has 2 heterocycles. The van der Waals surface area contributed by atoms with Gasteiger partial charge in [-0.2, -0.15) is 0 Å². The van der Waals surface area contributed by atoms with Crippen molar-refractivity contribution in [3.05, 3.63) is 76.6 Å². The topological polar surface area (TPSA) is 57.2 Å². The molecule has 0 aliphatic carbocycles. The number of fused-ring (bicyclic) bond motifs is 4. The first-order valence-corrected chi connectivity index (χ1v) is 12.1. The van der Waals surface area contributed by atoms with Crippen molar-refractivity contribution in [2.24, 2.45) is 0 Å². The summed E-state index contributed by atoms with van der Waals surface area (Å²) in [6.07, 6.45) is 1.65. The smallest absolute Gasteiger partial charge is 0.240 e. The van der Waals surface area contributed by atoms with E-state index >= 15 is 0 Å². The Labute approximate surface area is 200 Å². The summed E-state index contributed by atoms with van der Waals surface area (Å²) < 4.78 is 49.1. The van der Waals surface area contributed by atoms with E-state index in [0.717, 1.165) is 42.0 Å². The summed E-state index contributed by atoms with van der Waals surface area (Å²) in [6.45, 7) is 1.50. The second-order valence-electron chi connectivity index (χ2n) is 8.36. The maximum atomic E-state index is 13.7. The standard InChI is InChI=1S/C26H26FNO5S/c1-30-23-8-7-16-11-22-20-14-25(32-3)24(31-2)12-17(20)9-10-28(22)15-21(16)26(23)33-34(29)19-6-4-5-18(27)13-19/h4-8,12-14,22H,9-11,15H2,1-3H3. The van der Waals surface area contributed by atoms with E-state index < -0.39 is 16.9 Å². The molecule has 178 valence electrons. The zero-order valence-electron chi connectivity index (χ0n) is 19.3. The van der Waals surface area contributed by atoms with Crippen LogP contribution in [0.15, 0.2) is 53.4 Å². The summed E-state index contributed by atoms with van der Waals surface area (Å²) in [5.74, 6) is 1.95. The van der Waals surface area contributed by atoms with Crippen molar-refractivity contribution >= 4 is 11.1 Å². The number of hydrogen-bond donors (Lipinski definition) is 0. The average Bonchev–Trinajstić information content (AvgIpc) is 2.86. The third kappa shape index (κ3) is 4.01. The SMILES string of the molecule is COc1cc2c(cc1OC)C1Cc3ccc(OC)c(OS(=O)c4cccc(F)c4)c3CN1CC2. The summed E-state index contributed by atoms with van der Waals surface area (Å²) in [4.78, 5) is 2.66. The fraction of sp³-hybridized carbons (Fsp3) is 0.308. The molecule has 0 radical (unpaired) electrons. The van der Waals surface area contributed by atoms with Crippen LogP contribution in [0, 0.1) is 5.82 Å². The maximum Gasteiger partial charge on any atom is 0.240 e. The van der Waals surface area contributed by atoms with Gasteiger partial charge in [0, 0.05) is 24.7 Å². The molecule has 2 aliphatic rings. The van der Waals surface area contributed by atoms with Gasteiger partial charge in [-0.3, -0.25) is 4.90 Å². The number of rotatable bonds is 6. The van der Waals surface area contributed by atoms with Gasteiger partial charge in [0.1, 0.15) is 5.82 Å². The second-order valence-corrected chi connectivity index (χ2v) is 9.46. The zero-order chi connectivity index (χ0) is 23.8. The van der Waals surface area contributed by atoms with Gasteiger partial charge in [0.05, 0.1) is 26.2 Å². The van der Waals surface area contributed by atoms with Crippen LogP contribution < -0.4 is 18.4 Å². The number of ether oxygens (including phenoxy) is 3. The van der Waals surface area contributed by atoms with Crippen LogP contribution in [0.25, 0.3) is 0 Å². The maximum absolute atomic E-state index is 13.7. The van der Waals surface area contributed by atoms with Crippen LogP contribution in [-0.4, -0.2) is 37.0 Å². The van der Waals surface area contributed by atoms with Gasteiger partial charge in [-0.1, -0.05) is 12.1 Å². The first-order valence-electron chi connectivity index (χ1n) is 11.1. The molecule has 6 nitrogen and oxygen atoms in total. The Morgan fingerprint density at radius 3 is 2.44 bits per heavy atom. The lowest BCUT2D eigenvalue weighted by Gasteiger charge is -2.42. The quantitative estimate of drug-likeness (QED) is 0.511. The average molecular weight is 484 g/mol. The highest BCUT2D eigenvalue weighted by atomic mass is 32.2. The molecule has 0 N–H and O–H groups in total. The Morgan fingerprint density at radius 2 is 1.71 bits per heavy atom. The van der Waals surface area contributed by atoms with E-state index in [2.05, 4.69) is 17.0 Å². The predicted molar refractivity (Wildman–Crippen MR) is 127 cm³/mol. The molecular formula is C26H26FNO5S. The molecule has 2 atom stereocenters. The van der Waals surface area contributed by atoms with Crippen molar-refractivity contribution < 1.29 is 27.0 Å². The van der Waals surface area contributed by atoms with Crippen molar-refractivity contribution in [2.75, 3.05) is 27.9 Å². The molecule has 0 spiro atoms. The van der Waals surface area contributed by atoms with Crippen LogP contribution in [0.4, 0.5) is 4.39 Å². The Bertz CT molecular complexity index is 1260. The lowest BCUT2D eigenvalue weighted by Crippen LogP contribution is -2.39. The van der Waals surface area contributed by atoms with E-state index in [9.17, 15) is 8.60 Å². The largest absolute Gasteiger partial charge is 0.493 e. The molecule has 0 fully saturated rings. The second kappa shape index (κ2) is 9.27. The van der Waals surface area contributed by atoms with Crippen LogP contribution in [0.3, 0.4) is 0 Å². The van der Waals surface area contributed by atoms with E-state index in [1.54, 1.807) is 27.4 Å². The molecule has 8 heteroatoms. The van der Waals surface area contributed by atoms with Crippen LogP contribution >= 0.6 is 0 Å². The van der Waals surface area contributed by atoms with Gasteiger partial charge in [-0.05, 0) is 65.9 Å². The first-order chi connectivity index (χ1) is 16.5. The summed E-state index contributed by atoms with van der Waals surface area (Å²) in [5.41, 5.74) is 4.55. The Balaban J connectivity index is 1.51. The van der Waals surface area contributed by atoms with Gasteiger partial charge < -0.3 is 18.4 Å². The summed E-state index contributed by atoms with van der Waals surface area (Å²) in [7, 11) is 4.86. The highest BCUT2D eigenvalue weighted by molar-refractivity contribution is 7.80. The fourth-order valence-corrected chi connectivity index (χ4v) is 5.71. The van der Waals surface area contributed by atoms with Crippen LogP contribution in [0.5, 0.6) is 23.0 Å². The molecule has 0 aromatic heterocycles. The number of halogens is 1. The number of methoxy groups -OCH3 is 3. The highest BCUT2D eigenvalue weighted by Crippen LogP contribution is 2.46. The number of benzene rings is 3. The Kier molecular flexibility index (Phi) is 6.18. The minimum atomic E-state index is -1.88. The molecule has 0 bridgehead atoms. The minimum Gasteiger partial charge on any atom is -0.493 e. The molecule has 2 unspecified atom stereocenters. The highest BCUT2D eigenvalue weighted by Gasteiger charge is 2.35. The van der Waals surface area contributed by atoms with E-state index in [0.29, 0.717) is 18.0 Å². The van der Waals surface area contributed by atoms with E-state index in [1.807, 2.05) is 12.1 Å².